The summed E-state index contributed by atoms with van der Waals surface area (Å²) in [7, 11) is 0. The van der Waals surface area contributed by atoms with Crippen LogP contribution in [-0.2, 0) is 4.79 Å². The Hall–Kier alpha value is -2.62. The fourth-order valence-electron chi connectivity index (χ4n) is 1.88. The van der Waals surface area contributed by atoms with Crippen molar-refractivity contribution in [1.29, 1.82) is 0 Å². The second-order valence-electron chi connectivity index (χ2n) is 4.30. The first-order valence-electron chi connectivity index (χ1n) is 6.14. The van der Waals surface area contributed by atoms with E-state index in [0.717, 1.165) is 0 Å². The average Bonchev–Trinajstić information content (AvgIpc) is 2.45. The Balaban J connectivity index is 2.35. The lowest BCUT2D eigenvalue weighted by molar-refractivity contribution is -0.145. The summed E-state index contributed by atoms with van der Waals surface area (Å²) in [6.45, 7) is 1.42. The van der Waals surface area contributed by atoms with Crippen LogP contribution in [0.25, 0.3) is 0 Å². The SMILES string of the molecule is CC(=O)c1ccccc1OC(C(=O)O)c1ccccc1. The molecule has 0 aromatic heterocycles. The van der Waals surface area contributed by atoms with Crippen molar-refractivity contribution in [3.63, 3.8) is 0 Å². The van der Waals surface area contributed by atoms with Crippen molar-refractivity contribution in [1.82, 2.24) is 0 Å². The monoisotopic (exact) mass is 270 g/mol. The summed E-state index contributed by atoms with van der Waals surface area (Å²) in [5.41, 5.74) is 0.896. The summed E-state index contributed by atoms with van der Waals surface area (Å²) in [6, 6.07) is 15.2. The van der Waals surface area contributed by atoms with Crippen LogP contribution in [0.1, 0.15) is 28.9 Å². The Bertz CT molecular complexity index is 619. The minimum absolute atomic E-state index is 0.169. The Morgan fingerprint density at radius 1 is 1.00 bits per heavy atom. The van der Waals surface area contributed by atoms with Gasteiger partial charge in [0.05, 0.1) is 5.56 Å². The molecule has 2 rings (SSSR count). The Morgan fingerprint density at radius 3 is 2.20 bits per heavy atom. The third kappa shape index (κ3) is 3.03. The van der Waals surface area contributed by atoms with Crippen LogP contribution in [0.4, 0.5) is 0 Å². The van der Waals surface area contributed by atoms with Crippen molar-refractivity contribution in [3.8, 4) is 5.75 Å². The number of hydrogen-bond donors (Lipinski definition) is 1. The Morgan fingerprint density at radius 2 is 1.60 bits per heavy atom. The maximum Gasteiger partial charge on any atom is 0.349 e. The van der Waals surface area contributed by atoms with E-state index in [0.29, 0.717) is 11.1 Å². The standard InChI is InChI=1S/C16H14O4/c1-11(17)13-9-5-6-10-14(13)20-15(16(18)19)12-7-3-2-4-8-12/h2-10,15H,1H3,(H,18,19). The molecule has 2 aromatic carbocycles. The predicted molar refractivity (Wildman–Crippen MR) is 73.9 cm³/mol. The molecule has 0 fully saturated rings. The summed E-state index contributed by atoms with van der Waals surface area (Å²) >= 11 is 0. The van der Waals surface area contributed by atoms with E-state index >= 15 is 0 Å². The Kier molecular flexibility index (Phi) is 4.15. The molecule has 0 amide bonds. The highest BCUT2D eigenvalue weighted by molar-refractivity contribution is 5.96. The van der Waals surface area contributed by atoms with Gasteiger partial charge in [0.25, 0.3) is 0 Å². The van der Waals surface area contributed by atoms with E-state index < -0.39 is 12.1 Å². The smallest absolute Gasteiger partial charge is 0.349 e. The molecule has 1 unspecified atom stereocenters. The molecule has 0 aliphatic carbocycles. The molecule has 0 saturated carbocycles. The highest BCUT2D eigenvalue weighted by atomic mass is 16.5. The van der Waals surface area contributed by atoms with Crippen molar-refractivity contribution in [2.24, 2.45) is 0 Å². The van der Waals surface area contributed by atoms with Crippen LogP contribution in [0.3, 0.4) is 0 Å². The van der Waals surface area contributed by atoms with Crippen molar-refractivity contribution < 1.29 is 19.4 Å². The molecule has 0 spiro atoms. The summed E-state index contributed by atoms with van der Waals surface area (Å²) in [5.74, 6) is -0.997. The van der Waals surface area contributed by atoms with Gasteiger partial charge in [-0.25, -0.2) is 4.79 Å². The van der Waals surface area contributed by atoms with Crippen LogP contribution < -0.4 is 4.74 Å². The zero-order valence-corrected chi connectivity index (χ0v) is 10.9. The molecule has 1 N–H and O–H groups in total. The van der Waals surface area contributed by atoms with Gasteiger partial charge in [0.2, 0.25) is 6.10 Å². The molecule has 0 bridgehead atoms. The number of carboxylic acids is 1. The third-order valence-electron chi connectivity index (χ3n) is 2.84. The van der Waals surface area contributed by atoms with Crippen molar-refractivity contribution >= 4 is 11.8 Å². The van der Waals surface area contributed by atoms with Gasteiger partial charge in [-0.1, -0.05) is 42.5 Å². The van der Waals surface area contributed by atoms with Crippen LogP contribution >= 0.6 is 0 Å². The molecule has 1 atom stereocenters. The van der Waals surface area contributed by atoms with Crippen LogP contribution in [0, 0.1) is 0 Å². The molecule has 102 valence electrons. The zero-order valence-electron chi connectivity index (χ0n) is 10.9. The minimum atomic E-state index is -1.14. The van der Waals surface area contributed by atoms with E-state index in [1.165, 1.54) is 6.92 Å². The number of ether oxygens (including phenoxy) is 1. The van der Waals surface area contributed by atoms with Gasteiger partial charge in [-0.05, 0) is 19.1 Å². The quantitative estimate of drug-likeness (QED) is 0.848. The van der Waals surface area contributed by atoms with Gasteiger partial charge >= 0.3 is 5.97 Å². The van der Waals surface area contributed by atoms with E-state index in [2.05, 4.69) is 0 Å². The average molecular weight is 270 g/mol. The van der Waals surface area contributed by atoms with E-state index in [1.54, 1.807) is 54.6 Å². The van der Waals surface area contributed by atoms with Crippen molar-refractivity contribution in [3.05, 3.63) is 65.7 Å². The number of Topliss-reactive ketones (excluding diaryl/α,β-unsaturated/α-hetero) is 1. The molecule has 20 heavy (non-hydrogen) atoms. The first-order valence-corrected chi connectivity index (χ1v) is 6.14. The summed E-state index contributed by atoms with van der Waals surface area (Å²) in [5, 5.41) is 9.31. The molecule has 2 aromatic rings. The Labute approximate surface area is 116 Å². The topological polar surface area (TPSA) is 63.6 Å². The maximum atomic E-state index is 11.5. The van der Waals surface area contributed by atoms with E-state index in [4.69, 9.17) is 4.74 Å². The molecular formula is C16H14O4. The van der Waals surface area contributed by atoms with Crippen LogP contribution in [-0.4, -0.2) is 16.9 Å². The van der Waals surface area contributed by atoms with Gasteiger partial charge in [0.1, 0.15) is 5.75 Å². The molecule has 4 heteroatoms. The highest BCUT2D eigenvalue weighted by Gasteiger charge is 2.23. The third-order valence-corrected chi connectivity index (χ3v) is 2.84. The molecule has 0 aliphatic rings. The van der Waals surface area contributed by atoms with Gasteiger partial charge < -0.3 is 9.84 Å². The highest BCUT2D eigenvalue weighted by Crippen LogP contribution is 2.26. The van der Waals surface area contributed by atoms with Crippen molar-refractivity contribution in [2.45, 2.75) is 13.0 Å². The fraction of sp³-hybridized carbons (Fsp3) is 0.125. The van der Waals surface area contributed by atoms with E-state index in [9.17, 15) is 14.7 Å². The maximum absolute atomic E-state index is 11.5. The number of hydrogen-bond acceptors (Lipinski definition) is 3. The first-order chi connectivity index (χ1) is 9.59. The van der Waals surface area contributed by atoms with Crippen LogP contribution in [0.5, 0.6) is 5.75 Å². The van der Waals surface area contributed by atoms with Gasteiger partial charge in [-0.2, -0.15) is 0 Å². The number of carboxylic acid groups (broad SMARTS) is 1. The van der Waals surface area contributed by atoms with Crippen LogP contribution in [0.2, 0.25) is 0 Å². The lowest BCUT2D eigenvalue weighted by atomic mass is 10.1. The van der Waals surface area contributed by atoms with Gasteiger partial charge in [0.15, 0.2) is 5.78 Å². The van der Waals surface area contributed by atoms with Crippen molar-refractivity contribution in [2.75, 3.05) is 0 Å². The second kappa shape index (κ2) is 6.02. The molecule has 0 heterocycles. The molecule has 0 aliphatic heterocycles. The number of ketones is 1. The zero-order chi connectivity index (χ0) is 14.5. The lowest BCUT2D eigenvalue weighted by Crippen LogP contribution is -2.19. The normalized spacial score (nSPS) is 11.7. The number of rotatable bonds is 5. The van der Waals surface area contributed by atoms with E-state index in [1.807, 2.05) is 0 Å². The van der Waals surface area contributed by atoms with Gasteiger partial charge in [0, 0.05) is 5.56 Å². The second-order valence-corrected chi connectivity index (χ2v) is 4.30. The molecule has 0 radical (unpaired) electrons. The molecule has 0 saturated heterocycles. The minimum Gasteiger partial charge on any atom is -0.478 e. The number of carbonyl (C=O) groups excluding carboxylic acids is 1. The van der Waals surface area contributed by atoms with Gasteiger partial charge in [-0.3, -0.25) is 4.79 Å². The van der Waals surface area contributed by atoms with Crippen LogP contribution in [0.15, 0.2) is 54.6 Å². The molecular weight excluding hydrogens is 256 g/mol. The lowest BCUT2D eigenvalue weighted by Gasteiger charge is -2.17. The number of para-hydroxylation sites is 1. The van der Waals surface area contributed by atoms with Gasteiger partial charge in [-0.15, -0.1) is 0 Å². The largest absolute Gasteiger partial charge is 0.478 e. The fourth-order valence-corrected chi connectivity index (χ4v) is 1.88. The summed E-state index contributed by atoms with van der Waals surface area (Å²) in [4.78, 5) is 22.9. The van der Waals surface area contributed by atoms with E-state index in [-0.39, 0.29) is 11.5 Å². The summed E-state index contributed by atoms with van der Waals surface area (Å²) < 4.78 is 5.53. The number of benzene rings is 2. The first kappa shape index (κ1) is 13.8. The number of aliphatic carboxylic acids is 1. The summed E-state index contributed by atoms with van der Waals surface area (Å²) in [6.07, 6.45) is -1.14. The predicted octanol–water partition coefficient (Wildman–Crippen LogP) is 3.09. The molecule has 4 nitrogen and oxygen atoms in total. The number of carbonyl (C=O) groups is 2.